The van der Waals surface area contributed by atoms with Gasteiger partial charge < -0.3 is 14.8 Å². The number of hydrogen-bond donors (Lipinski definition) is 1. The molecule has 0 saturated carbocycles. The van der Waals surface area contributed by atoms with E-state index < -0.39 is 5.82 Å². The van der Waals surface area contributed by atoms with Gasteiger partial charge in [-0.2, -0.15) is 0 Å². The molecule has 8 heteroatoms. The first kappa shape index (κ1) is 22.3. The number of hydrogen-bond acceptors (Lipinski definition) is 3. The van der Waals surface area contributed by atoms with Crippen LogP contribution in [0.4, 0.5) is 10.1 Å². The second-order valence-corrected chi connectivity index (χ2v) is 8.53. The maximum absolute atomic E-state index is 13.3. The molecule has 3 nitrogen and oxygen atoms in total. The lowest BCUT2D eigenvalue weighted by molar-refractivity contribution is 0.282. The maximum Gasteiger partial charge on any atom is 0.174 e. The Morgan fingerprint density at radius 1 is 1.00 bits per heavy atom. The van der Waals surface area contributed by atoms with E-state index in [1.165, 1.54) is 6.07 Å². The molecule has 0 fully saturated rings. The van der Waals surface area contributed by atoms with Gasteiger partial charge in [0.1, 0.15) is 12.4 Å². The summed E-state index contributed by atoms with van der Waals surface area (Å²) in [5.41, 5.74) is 2.53. The molecule has 0 aliphatic carbocycles. The smallest absolute Gasteiger partial charge is 0.174 e. The number of anilines is 1. The van der Waals surface area contributed by atoms with Gasteiger partial charge in [0.05, 0.1) is 15.7 Å². The minimum atomic E-state index is -0.448. The van der Waals surface area contributed by atoms with Crippen LogP contribution in [0.1, 0.15) is 11.1 Å². The third-order valence-corrected chi connectivity index (χ3v) is 5.77. The van der Waals surface area contributed by atoms with Crippen molar-refractivity contribution in [1.82, 2.24) is 0 Å². The molecule has 0 amide bonds. The van der Waals surface area contributed by atoms with E-state index in [-0.39, 0.29) is 11.6 Å². The van der Waals surface area contributed by atoms with Crippen molar-refractivity contribution in [2.75, 3.05) is 12.4 Å². The normalized spacial score (nSPS) is 10.7. The zero-order chi connectivity index (χ0) is 21.0. The molecule has 1 N–H and O–H groups in total. The Balaban J connectivity index is 1.73. The van der Waals surface area contributed by atoms with Crippen molar-refractivity contribution in [3.05, 3.63) is 84.1 Å². The van der Waals surface area contributed by atoms with Crippen molar-refractivity contribution in [3.63, 3.8) is 0 Å². The molecule has 29 heavy (non-hydrogen) atoms. The van der Waals surface area contributed by atoms with Gasteiger partial charge in [0, 0.05) is 27.8 Å². The molecule has 0 saturated heterocycles. The molecule has 0 atom stereocenters. The Kier molecular flexibility index (Phi) is 7.73. The third-order valence-electron chi connectivity index (χ3n) is 4.09. The number of methoxy groups -OCH3 is 1. The highest BCUT2D eigenvalue weighted by atomic mass is 127. The molecule has 0 spiro atoms. The van der Waals surface area contributed by atoms with Crippen molar-refractivity contribution in [2.24, 2.45) is 0 Å². The largest absolute Gasteiger partial charge is 0.493 e. The van der Waals surface area contributed by atoms with Gasteiger partial charge in [0.2, 0.25) is 0 Å². The first-order chi connectivity index (χ1) is 13.9. The zero-order valence-electron chi connectivity index (χ0n) is 15.2. The number of benzene rings is 3. The number of ether oxygens (including phenoxy) is 2. The molecule has 0 heterocycles. The lowest BCUT2D eigenvalue weighted by Gasteiger charge is -2.16. The first-order valence-corrected chi connectivity index (χ1v) is 10.7. The van der Waals surface area contributed by atoms with Crippen molar-refractivity contribution < 1.29 is 13.9 Å². The molecule has 0 aliphatic rings. The maximum atomic E-state index is 13.3. The fraction of sp³-hybridized carbons (Fsp3) is 0.143. The predicted octanol–water partition coefficient (Wildman–Crippen LogP) is 7.59. The van der Waals surface area contributed by atoms with Crippen LogP contribution in [0.5, 0.6) is 11.5 Å². The van der Waals surface area contributed by atoms with Crippen LogP contribution < -0.4 is 14.8 Å². The molecule has 0 unspecified atom stereocenters. The monoisotopic (exact) mass is 565 g/mol. The molecular weight excluding hydrogens is 550 g/mol. The Bertz CT molecular complexity index is 1030. The minimum absolute atomic E-state index is 0.0757. The van der Waals surface area contributed by atoms with Gasteiger partial charge in [-0.1, -0.05) is 40.9 Å². The molecule has 152 valence electrons. The second kappa shape index (κ2) is 10.1. The van der Waals surface area contributed by atoms with Crippen LogP contribution in [-0.4, -0.2) is 7.11 Å². The molecule has 0 aromatic heterocycles. The summed E-state index contributed by atoms with van der Waals surface area (Å²) in [7, 11) is 1.59. The fourth-order valence-corrected chi connectivity index (χ4v) is 4.08. The Labute approximate surface area is 197 Å². The Morgan fingerprint density at radius 2 is 1.79 bits per heavy atom. The van der Waals surface area contributed by atoms with Gasteiger partial charge in [-0.15, -0.1) is 0 Å². The Morgan fingerprint density at radius 3 is 2.48 bits per heavy atom. The first-order valence-electron chi connectivity index (χ1n) is 8.49. The fourth-order valence-electron chi connectivity index (χ4n) is 2.61. The van der Waals surface area contributed by atoms with E-state index in [2.05, 4.69) is 27.9 Å². The van der Waals surface area contributed by atoms with Crippen molar-refractivity contribution in [1.29, 1.82) is 0 Å². The SMILES string of the molecule is COc1cc(CNc2ccc(F)c(Cl)c2)cc(I)c1OCc1ccc(Cl)cc1Cl. The summed E-state index contributed by atoms with van der Waals surface area (Å²) in [6.07, 6.45) is 0. The predicted molar refractivity (Wildman–Crippen MR) is 125 cm³/mol. The highest BCUT2D eigenvalue weighted by Gasteiger charge is 2.13. The second-order valence-electron chi connectivity index (χ2n) is 6.12. The van der Waals surface area contributed by atoms with E-state index in [0.29, 0.717) is 28.1 Å². The van der Waals surface area contributed by atoms with Crippen LogP contribution in [0.2, 0.25) is 15.1 Å². The van der Waals surface area contributed by atoms with E-state index in [4.69, 9.17) is 44.3 Å². The lowest BCUT2D eigenvalue weighted by atomic mass is 10.2. The molecular formula is C21H16Cl3FINO2. The molecule has 3 aromatic carbocycles. The zero-order valence-corrected chi connectivity index (χ0v) is 19.7. The number of halogens is 5. The topological polar surface area (TPSA) is 30.5 Å². The van der Waals surface area contributed by atoms with E-state index >= 15 is 0 Å². The number of rotatable bonds is 7. The third kappa shape index (κ3) is 5.81. The van der Waals surface area contributed by atoms with Crippen LogP contribution in [-0.2, 0) is 13.2 Å². The average Bonchev–Trinajstić information content (AvgIpc) is 2.69. The van der Waals surface area contributed by atoms with E-state index in [9.17, 15) is 4.39 Å². The van der Waals surface area contributed by atoms with Gasteiger partial charge in [-0.3, -0.25) is 0 Å². The summed E-state index contributed by atoms with van der Waals surface area (Å²) in [5.74, 6) is 0.791. The van der Waals surface area contributed by atoms with E-state index in [1.54, 1.807) is 31.4 Å². The van der Waals surface area contributed by atoms with Crippen molar-refractivity contribution in [3.8, 4) is 11.5 Å². The van der Waals surface area contributed by atoms with Crippen LogP contribution in [0.15, 0.2) is 48.5 Å². The van der Waals surface area contributed by atoms with Gasteiger partial charge in [0.15, 0.2) is 11.5 Å². The summed E-state index contributed by atoms with van der Waals surface area (Å²) >= 11 is 20.2. The van der Waals surface area contributed by atoms with Crippen LogP contribution >= 0.6 is 57.4 Å². The van der Waals surface area contributed by atoms with Crippen molar-refractivity contribution in [2.45, 2.75) is 13.2 Å². The summed E-state index contributed by atoms with van der Waals surface area (Å²) in [4.78, 5) is 0. The van der Waals surface area contributed by atoms with Gasteiger partial charge in [-0.05, 0) is 70.6 Å². The van der Waals surface area contributed by atoms with Crippen LogP contribution in [0, 0.1) is 9.39 Å². The quantitative estimate of drug-likeness (QED) is 0.299. The molecule has 0 radical (unpaired) electrons. The lowest BCUT2D eigenvalue weighted by Crippen LogP contribution is -2.04. The van der Waals surface area contributed by atoms with Crippen LogP contribution in [0.3, 0.4) is 0 Å². The van der Waals surface area contributed by atoms with Crippen molar-refractivity contribution >= 4 is 63.1 Å². The highest BCUT2D eigenvalue weighted by molar-refractivity contribution is 14.1. The molecule has 3 rings (SSSR count). The minimum Gasteiger partial charge on any atom is -0.493 e. The number of nitrogens with one attached hydrogen (secondary N) is 1. The molecule has 0 bridgehead atoms. The molecule has 0 aliphatic heterocycles. The average molecular weight is 567 g/mol. The highest BCUT2D eigenvalue weighted by Crippen LogP contribution is 2.35. The van der Waals surface area contributed by atoms with E-state index in [1.807, 2.05) is 18.2 Å². The summed E-state index contributed by atoms with van der Waals surface area (Å²) in [5, 5.41) is 4.41. The van der Waals surface area contributed by atoms with Gasteiger partial charge >= 0.3 is 0 Å². The van der Waals surface area contributed by atoms with Gasteiger partial charge in [-0.25, -0.2) is 4.39 Å². The summed E-state index contributed by atoms with van der Waals surface area (Å²) in [6.45, 7) is 0.797. The van der Waals surface area contributed by atoms with E-state index in [0.717, 1.165) is 20.4 Å². The van der Waals surface area contributed by atoms with Crippen LogP contribution in [0.25, 0.3) is 0 Å². The summed E-state index contributed by atoms with van der Waals surface area (Å²) in [6, 6.07) is 13.7. The standard InChI is InChI=1S/C21H16Cl3FINO2/c1-28-20-7-12(10-27-15-4-5-18(25)17(24)9-15)6-19(26)21(20)29-11-13-2-3-14(22)8-16(13)23/h2-9,27H,10-11H2,1H3. The summed E-state index contributed by atoms with van der Waals surface area (Å²) < 4.78 is 25.7. The van der Waals surface area contributed by atoms with Gasteiger partial charge in [0.25, 0.3) is 0 Å². The Hall–Kier alpha value is -1.41. The molecule has 3 aromatic rings.